The average molecular weight is 492 g/mol. The van der Waals surface area contributed by atoms with Gasteiger partial charge in [-0.15, -0.1) is 0 Å². The molecule has 198 valence electrons. The van der Waals surface area contributed by atoms with Crippen LogP contribution in [0.25, 0.3) is 0 Å². The van der Waals surface area contributed by atoms with Gasteiger partial charge < -0.3 is 25.4 Å². The number of alkyl carbamates (subject to hydrolysis) is 1. The molecule has 35 heavy (non-hydrogen) atoms. The van der Waals surface area contributed by atoms with Gasteiger partial charge in [0, 0.05) is 11.1 Å². The Morgan fingerprint density at radius 2 is 1.51 bits per heavy atom. The van der Waals surface area contributed by atoms with E-state index in [0.29, 0.717) is 12.0 Å². The molecule has 1 rings (SSSR count). The fourth-order valence-corrected chi connectivity index (χ4v) is 3.54. The van der Waals surface area contributed by atoms with Crippen molar-refractivity contribution in [2.75, 3.05) is 6.61 Å². The normalized spacial score (nSPS) is 14.0. The Labute approximate surface area is 210 Å². The third-order valence-electron chi connectivity index (χ3n) is 5.63. The number of benzene rings is 1. The Morgan fingerprint density at radius 1 is 0.971 bits per heavy atom. The van der Waals surface area contributed by atoms with E-state index in [1.807, 2.05) is 72.7 Å². The predicted molar refractivity (Wildman–Crippen MR) is 138 cm³/mol. The van der Waals surface area contributed by atoms with Crippen LogP contribution < -0.4 is 10.6 Å². The van der Waals surface area contributed by atoms with E-state index >= 15 is 0 Å². The highest BCUT2D eigenvalue weighted by atomic mass is 16.6. The average Bonchev–Trinajstić information content (AvgIpc) is 2.72. The lowest BCUT2D eigenvalue weighted by Gasteiger charge is -2.45. The number of aryl methyl sites for hydroxylation is 1. The molecule has 0 saturated heterocycles. The second-order valence-corrected chi connectivity index (χ2v) is 11.5. The molecule has 0 aliphatic rings. The second-order valence-electron chi connectivity index (χ2n) is 11.5. The van der Waals surface area contributed by atoms with Crippen LogP contribution in [0.3, 0.4) is 0 Å². The Balaban J connectivity index is 3.58. The van der Waals surface area contributed by atoms with Crippen molar-refractivity contribution >= 4 is 17.9 Å². The second kappa shape index (κ2) is 11.9. The van der Waals surface area contributed by atoms with Crippen molar-refractivity contribution in [3.05, 3.63) is 35.4 Å². The van der Waals surface area contributed by atoms with E-state index in [0.717, 1.165) is 12.0 Å². The number of hydrogen-bond donors (Lipinski definition) is 3. The minimum atomic E-state index is -1.28. The van der Waals surface area contributed by atoms with Gasteiger partial charge in [-0.1, -0.05) is 38.1 Å². The first kappa shape index (κ1) is 30.4. The van der Waals surface area contributed by atoms with Gasteiger partial charge in [0.2, 0.25) is 11.8 Å². The van der Waals surface area contributed by atoms with Crippen molar-refractivity contribution in [3.63, 3.8) is 0 Å². The molecule has 0 heterocycles. The van der Waals surface area contributed by atoms with Gasteiger partial charge in [0.15, 0.2) is 0 Å². The first-order valence-corrected chi connectivity index (χ1v) is 12.3. The molecule has 0 saturated carbocycles. The summed E-state index contributed by atoms with van der Waals surface area (Å²) in [6.45, 7) is 17.8. The van der Waals surface area contributed by atoms with Crippen LogP contribution in [0.2, 0.25) is 0 Å². The van der Waals surface area contributed by atoms with Gasteiger partial charge in [-0.3, -0.25) is 9.59 Å². The van der Waals surface area contributed by atoms with Crippen LogP contribution in [0.15, 0.2) is 24.3 Å². The summed E-state index contributed by atoms with van der Waals surface area (Å²) in [6, 6.07) is 5.33. The minimum Gasteiger partial charge on any atom is -0.444 e. The monoisotopic (exact) mass is 491 g/mol. The van der Waals surface area contributed by atoms with Gasteiger partial charge in [-0.2, -0.15) is 0 Å². The van der Waals surface area contributed by atoms with Gasteiger partial charge in [0.25, 0.3) is 0 Å². The summed E-state index contributed by atoms with van der Waals surface area (Å²) in [4.78, 5) is 41.5. The van der Waals surface area contributed by atoms with Crippen molar-refractivity contribution in [1.82, 2.24) is 15.5 Å². The molecular formula is C27H45N3O5. The van der Waals surface area contributed by atoms with Crippen LogP contribution in [-0.2, 0) is 20.7 Å². The molecule has 0 aliphatic heterocycles. The standard InChI is InChI=1S/C27H45N3O5/c1-11-18-13-15-19(16-14-18)21(22(32)29-25(3,4)5)30(27(9,10)12-2)23(33)20(17-31)28-24(34)35-26(6,7)8/h13-16,20-21,31H,11-12,17H2,1-10H3,(H,28,34)(H,29,32). The van der Waals surface area contributed by atoms with Crippen molar-refractivity contribution in [3.8, 4) is 0 Å². The van der Waals surface area contributed by atoms with Crippen molar-refractivity contribution in [1.29, 1.82) is 0 Å². The lowest BCUT2D eigenvalue weighted by Crippen LogP contribution is -2.61. The van der Waals surface area contributed by atoms with Crippen molar-refractivity contribution in [2.24, 2.45) is 0 Å². The van der Waals surface area contributed by atoms with E-state index in [1.165, 1.54) is 4.90 Å². The predicted octanol–water partition coefficient (Wildman–Crippen LogP) is 4.11. The molecule has 0 aromatic heterocycles. The summed E-state index contributed by atoms with van der Waals surface area (Å²) in [5, 5.41) is 15.5. The molecule has 1 aromatic carbocycles. The Hall–Kier alpha value is -2.61. The Kier molecular flexibility index (Phi) is 10.3. The number of carbonyl (C=O) groups is 3. The number of aliphatic hydroxyl groups excluding tert-OH is 1. The smallest absolute Gasteiger partial charge is 0.408 e. The summed E-state index contributed by atoms with van der Waals surface area (Å²) in [7, 11) is 0. The quantitative estimate of drug-likeness (QED) is 0.482. The highest BCUT2D eigenvalue weighted by Crippen LogP contribution is 2.32. The third kappa shape index (κ3) is 9.17. The number of aliphatic hydroxyl groups is 1. The highest BCUT2D eigenvalue weighted by Gasteiger charge is 2.43. The molecule has 2 unspecified atom stereocenters. The van der Waals surface area contributed by atoms with E-state index in [-0.39, 0.29) is 5.91 Å². The number of ether oxygens (including phenoxy) is 1. The molecule has 0 aliphatic carbocycles. The zero-order chi connectivity index (χ0) is 27.2. The van der Waals surface area contributed by atoms with Crippen LogP contribution in [-0.4, -0.2) is 57.2 Å². The maximum absolute atomic E-state index is 13.9. The zero-order valence-corrected chi connectivity index (χ0v) is 23.1. The number of carbonyl (C=O) groups excluding carboxylic acids is 3. The van der Waals surface area contributed by atoms with Crippen LogP contribution in [0, 0.1) is 0 Å². The summed E-state index contributed by atoms with van der Waals surface area (Å²) < 4.78 is 5.28. The van der Waals surface area contributed by atoms with E-state index in [4.69, 9.17) is 4.74 Å². The zero-order valence-electron chi connectivity index (χ0n) is 23.1. The molecule has 0 fully saturated rings. The molecule has 3 N–H and O–H groups in total. The molecule has 0 spiro atoms. The van der Waals surface area contributed by atoms with Crippen molar-refractivity contribution in [2.45, 2.75) is 111 Å². The summed E-state index contributed by atoms with van der Waals surface area (Å²) >= 11 is 0. The van der Waals surface area contributed by atoms with Crippen LogP contribution >= 0.6 is 0 Å². The van der Waals surface area contributed by atoms with E-state index in [1.54, 1.807) is 20.8 Å². The number of hydrogen-bond acceptors (Lipinski definition) is 5. The first-order valence-electron chi connectivity index (χ1n) is 12.3. The molecule has 8 heteroatoms. The van der Waals surface area contributed by atoms with Crippen molar-refractivity contribution < 1.29 is 24.2 Å². The minimum absolute atomic E-state index is 0.342. The first-order chi connectivity index (χ1) is 16.0. The molecule has 1 aromatic rings. The summed E-state index contributed by atoms with van der Waals surface area (Å²) in [5.74, 6) is -0.913. The van der Waals surface area contributed by atoms with Gasteiger partial charge in [0.1, 0.15) is 17.7 Å². The van der Waals surface area contributed by atoms with Gasteiger partial charge in [0.05, 0.1) is 6.61 Å². The molecular weight excluding hydrogens is 446 g/mol. The topological polar surface area (TPSA) is 108 Å². The third-order valence-corrected chi connectivity index (χ3v) is 5.63. The molecule has 3 amide bonds. The largest absolute Gasteiger partial charge is 0.444 e. The Bertz CT molecular complexity index is 866. The van der Waals surface area contributed by atoms with Crippen LogP contribution in [0.1, 0.15) is 92.8 Å². The van der Waals surface area contributed by atoms with E-state index in [2.05, 4.69) is 10.6 Å². The maximum Gasteiger partial charge on any atom is 0.408 e. The van der Waals surface area contributed by atoms with E-state index < -0.39 is 47.4 Å². The van der Waals surface area contributed by atoms with Crippen LogP contribution in [0.5, 0.6) is 0 Å². The number of rotatable bonds is 9. The fraction of sp³-hybridized carbons (Fsp3) is 0.667. The summed E-state index contributed by atoms with van der Waals surface area (Å²) in [5.41, 5.74) is -0.326. The fourth-order valence-electron chi connectivity index (χ4n) is 3.54. The summed E-state index contributed by atoms with van der Waals surface area (Å²) in [6.07, 6.45) is 0.562. The van der Waals surface area contributed by atoms with Gasteiger partial charge >= 0.3 is 6.09 Å². The van der Waals surface area contributed by atoms with Gasteiger partial charge in [-0.25, -0.2) is 4.79 Å². The molecule has 0 radical (unpaired) electrons. The SMILES string of the molecule is CCc1ccc(C(C(=O)NC(C)(C)C)N(C(=O)C(CO)NC(=O)OC(C)(C)C)C(C)(C)CC)cc1. The molecule has 2 atom stereocenters. The van der Waals surface area contributed by atoms with E-state index in [9.17, 15) is 19.5 Å². The lowest BCUT2D eigenvalue weighted by molar-refractivity contribution is -0.150. The Morgan fingerprint density at radius 3 is 1.91 bits per heavy atom. The highest BCUT2D eigenvalue weighted by molar-refractivity contribution is 5.93. The van der Waals surface area contributed by atoms with Gasteiger partial charge in [-0.05, 0) is 79.4 Å². The number of nitrogens with zero attached hydrogens (tertiary/aromatic N) is 1. The van der Waals surface area contributed by atoms with Crippen LogP contribution in [0.4, 0.5) is 4.79 Å². The maximum atomic E-state index is 13.9. The number of nitrogens with one attached hydrogen (secondary N) is 2. The molecule has 0 bridgehead atoms. The lowest BCUT2D eigenvalue weighted by atomic mass is 9.91. The number of amides is 3. The molecule has 8 nitrogen and oxygen atoms in total.